The Kier molecular flexibility index (Phi) is 4.01. The minimum Gasteiger partial charge on any atom is -0.595 e. The second kappa shape index (κ2) is 6.20. The van der Waals surface area contributed by atoms with Gasteiger partial charge in [-0.05, 0) is 37.4 Å². The summed E-state index contributed by atoms with van der Waals surface area (Å²) in [5.74, 6) is -0.707. The summed E-state index contributed by atoms with van der Waals surface area (Å²) in [4.78, 5) is 29.2. The predicted octanol–water partition coefficient (Wildman–Crippen LogP) is 0.935. The Morgan fingerprint density at radius 2 is 1.76 bits per heavy atom. The number of hydrogen-bond acceptors (Lipinski definition) is 5. The number of rotatable bonds is 4. The monoisotopic (exact) mass is 341 g/mol. The first-order chi connectivity index (χ1) is 12.1. The van der Waals surface area contributed by atoms with Crippen molar-refractivity contribution >= 4 is 28.3 Å². The largest absolute Gasteiger partial charge is 0.595 e. The van der Waals surface area contributed by atoms with Gasteiger partial charge in [0.15, 0.2) is 5.69 Å². The smallest absolute Gasteiger partial charge is 0.261 e. The minimum atomic E-state index is -1.09. The molecule has 2 aromatic carbocycles. The second-order valence-electron chi connectivity index (χ2n) is 6.54. The minimum absolute atomic E-state index is 0.0573. The predicted molar refractivity (Wildman–Crippen MR) is 90.8 cm³/mol. The summed E-state index contributed by atoms with van der Waals surface area (Å²) in [5, 5.41) is 20.7. The first-order valence-electron chi connectivity index (χ1n) is 8.45. The van der Waals surface area contributed by atoms with E-state index in [1.165, 1.54) is 17.0 Å². The fourth-order valence-electron chi connectivity index (χ4n) is 3.73. The van der Waals surface area contributed by atoms with Gasteiger partial charge in [0.2, 0.25) is 0 Å². The molecule has 2 N–H and O–H groups in total. The Balaban J connectivity index is 1.74. The average molecular weight is 341 g/mol. The van der Waals surface area contributed by atoms with Gasteiger partial charge in [0.1, 0.15) is 0 Å². The zero-order valence-electron chi connectivity index (χ0n) is 13.7. The van der Waals surface area contributed by atoms with Crippen LogP contribution < -0.4 is 5.23 Å². The zero-order valence-corrected chi connectivity index (χ0v) is 13.7. The van der Waals surface area contributed by atoms with Crippen molar-refractivity contribution in [1.82, 2.24) is 9.80 Å². The number of benzene rings is 2. The number of likely N-dealkylation sites (tertiary alicyclic amines) is 1. The van der Waals surface area contributed by atoms with E-state index in [1.807, 2.05) is 0 Å². The molecule has 7 heteroatoms. The van der Waals surface area contributed by atoms with E-state index in [0.29, 0.717) is 35.0 Å². The van der Waals surface area contributed by atoms with Crippen LogP contribution in [0.5, 0.6) is 0 Å². The Labute approximate surface area is 144 Å². The van der Waals surface area contributed by atoms with Crippen LogP contribution in [0.25, 0.3) is 10.8 Å². The number of imide groups is 1. The molecule has 0 saturated carbocycles. The summed E-state index contributed by atoms with van der Waals surface area (Å²) in [7, 11) is 0. The van der Waals surface area contributed by atoms with Crippen molar-refractivity contribution in [3.8, 4) is 0 Å². The highest BCUT2D eigenvalue weighted by molar-refractivity contribution is 6.25. The summed E-state index contributed by atoms with van der Waals surface area (Å²) in [5.41, 5.74) is 0.818. The molecule has 1 unspecified atom stereocenters. The molecule has 2 aliphatic heterocycles. The van der Waals surface area contributed by atoms with Crippen LogP contribution in [0.3, 0.4) is 0 Å². The third-order valence-electron chi connectivity index (χ3n) is 5.01. The van der Waals surface area contributed by atoms with Gasteiger partial charge in [-0.2, -0.15) is 5.23 Å². The molecule has 2 heterocycles. The highest BCUT2D eigenvalue weighted by Gasteiger charge is 2.33. The molecule has 2 aromatic rings. The highest BCUT2D eigenvalue weighted by atomic mass is 16.8. The number of carbonyl (C=O) groups is 2. The molecule has 0 bridgehead atoms. The maximum absolute atomic E-state index is 12.9. The summed E-state index contributed by atoms with van der Waals surface area (Å²) in [6, 6.07) is 8.04. The molecule has 0 aromatic heterocycles. The summed E-state index contributed by atoms with van der Waals surface area (Å²) >= 11 is 0. The van der Waals surface area contributed by atoms with E-state index in [9.17, 15) is 20.0 Å². The lowest BCUT2D eigenvalue weighted by atomic mass is 9.93. The van der Waals surface area contributed by atoms with Crippen LogP contribution in [0.1, 0.15) is 33.6 Å². The molecule has 7 nitrogen and oxygen atoms in total. The van der Waals surface area contributed by atoms with Crippen molar-refractivity contribution in [3.63, 3.8) is 0 Å². The van der Waals surface area contributed by atoms with E-state index in [4.69, 9.17) is 0 Å². The Bertz CT molecular complexity index is 859. The topological polar surface area (TPSA) is 88.3 Å². The van der Waals surface area contributed by atoms with Crippen molar-refractivity contribution < 1.29 is 20.0 Å². The van der Waals surface area contributed by atoms with Gasteiger partial charge in [0, 0.05) is 36.2 Å². The Hall–Kier alpha value is -2.32. The fraction of sp³-hybridized carbons (Fsp3) is 0.333. The number of quaternary nitrogens is 1. The zero-order chi connectivity index (χ0) is 17.6. The fourth-order valence-corrected chi connectivity index (χ4v) is 3.73. The first-order valence-corrected chi connectivity index (χ1v) is 8.45. The van der Waals surface area contributed by atoms with Gasteiger partial charge in [-0.15, -0.1) is 0 Å². The maximum Gasteiger partial charge on any atom is 0.261 e. The molecule has 2 aliphatic rings. The van der Waals surface area contributed by atoms with Crippen LogP contribution in [-0.2, 0) is 0 Å². The molecule has 25 heavy (non-hydrogen) atoms. The van der Waals surface area contributed by atoms with Crippen molar-refractivity contribution in [2.75, 3.05) is 26.2 Å². The van der Waals surface area contributed by atoms with Gasteiger partial charge < -0.3 is 10.1 Å². The third-order valence-corrected chi connectivity index (χ3v) is 5.01. The molecule has 1 saturated heterocycles. The van der Waals surface area contributed by atoms with E-state index >= 15 is 0 Å². The average Bonchev–Trinajstić information content (AvgIpc) is 3.12. The molecule has 0 aliphatic carbocycles. The molecule has 4 rings (SSSR count). The van der Waals surface area contributed by atoms with E-state index in [0.717, 1.165) is 25.9 Å². The molecule has 0 radical (unpaired) electrons. The molecule has 0 spiro atoms. The standard InChI is InChI=1S/C18H19N3O4/c22-17-14-5-3-4-12-10-13(21(24)25)11-15(16(12)14)18(23)20(17)9-8-19-6-1-2-7-19/h3-5,10-11,21,24H,1-2,6-9H2. The van der Waals surface area contributed by atoms with Crippen molar-refractivity contribution in [2.45, 2.75) is 12.8 Å². The molecule has 1 fully saturated rings. The lowest BCUT2D eigenvalue weighted by Gasteiger charge is -2.29. The molecule has 2 amide bonds. The number of carbonyl (C=O) groups excluding carboxylic acids is 2. The van der Waals surface area contributed by atoms with Crippen LogP contribution in [0.15, 0.2) is 30.3 Å². The first kappa shape index (κ1) is 16.2. The van der Waals surface area contributed by atoms with E-state index in [-0.39, 0.29) is 11.6 Å². The lowest BCUT2D eigenvalue weighted by Crippen LogP contribution is -2.99. The van der Waals surface area contributed by atoms with Crippen molar-refractivity contribution in [2.24, 2.45) is 0 Å². The van der Waals surface area contributed by atoms with E-state index in [1.54, 1.807) is 18.2 Å². The number of hydrogen-bond donors (Lipinski definition) is 2. The highest BCUT2D eigenvalue weighted by Crippen LogP contribution is 2.31. The van der Waals surface area contributed by atoms with Gasteiger partial charge in [0.25, 0.3) is 11.8 Å². The van der Waals surface area contributed by atoms with Crippen LogP contribution in [-0.4, -0.2) is 53.0 Å². The maximum atomic E-state index is 12.9. The van der Waals surface area contributed by atoms with Crippen LogP contribution in [0.2, 0.25) is 0 Å². The van der Waals surface area contributed by atoms with Gasteiger partial charge >= 0.3 is 0 Å². The summed E-state index contributed by atoms with van der Waals surface area (Å²) < 4.78 is 0. The third kappa shape index (κ3) is 2.71. The number of nitrogens with zero attached hydrogens (tertiary/aromatic N) is 2. The van der Waals surface area contributed by atoms with Gasteiger partial charge in [-0.25, -0.2) is 5.21 Å². The van der Waals surface area contributed by atoms with Gasteiger partial charge in [0.05, 0.1) is 5.56 Å². The SMILES string of the molecule is O=C1c2cccc3cc([NH+]([O-])O)cc(c23)C(=O)N1CCN1CCCC1. The van der Waals surface area contributed by atoms with Crippen molar-refractivity contribution in [1.29, 1.82) is 0 Å². The summed E-state index contributed by atoms with van der Waals surface area (Å²) in [6.07, 6.45) is 2.29. The summed E-state index contributed by atoms with van der Waals surface area (Å²) in [6.45, 7) is 2.96. The van der Waals surface area contributed by atoms with E-state index in [2.05, 4.69) is 4.90 Å². The molecular formula is C18H19N3O4. The molecular weight excluding hydrogens is 322 g/mol. The van der Waals surface area contributed by atoms with Crippen LogP contribution in [0, 0.1) is 5.21 Å². The van der Waals surface area contributed by atoms with Crippen molar-refractivity contribution in [3.05, 3.63) is 46.7 Å². The van der Waals surface area contributed by atoms with Crippen LogP contribution >= 0.6 is 0 Å². The Morgan fingerprint density at radius 3 is 2.48 bits per heavy atom. The number of amides is 2. The Morgan fingerprint density at radius 1 is 1.04 bits per heavy atom. The molecule has 1 atom stereocenters. The van der Waals surface area contributed by atoms with Crippen LogP contribution in [0.4, 0.5) is 5.69 Å². The van der Waals surface area contributed by atoms with Gasteiger partial charge in [-0.3, -0.25) is 14.5 Å². The number of nitrogens with one attached hydrogen (secondary N) is 1. The quantitative estimate of drug-likeness (QED) is 0.638. The lowest BCUT2D eigenvalue weighted by molar-refractivity contribution is -0.991. The van der Waals surface area contributed by atoms with Gasteiger partial charge in [-0.1, -0.05) is 12.1 Å². The van der Waals surface area contributed by atoms with E-state index < -0.39 is 11.1 Å². The second-order valence-corrected chi connectivity index (χ2v) is 6.54. The normalized spacial score (nSPS) is 19.0. The molecule has 130 valence electrons.